The third-order valence-corrected chi connectivity index (χ3v) is 2.83. The molecule has 0 aromatic rings. The fourth-order valence-electron chi connectivity index (χ4n) is 1.58. The molecule has 68 valence electrons. The molecule has 2 unspecified atom stereocenters. The highest BCUT2D eigenvalue weighted by atomic mass is 16.1. The monoisotopic (exact) mass is 168 g/mol. The van der Waals surface area contributed by atoms with E-state index in [0.29, 0.717) is 6.42 Å². The Balaban J connectivity index is 2.54. The van der Waals surface area contributed by atoms with Crippen LogP contribution in [0.4, 0.5) is 0 Å². The summed E-state index contributed by atoms with van der Waals surface area (Å²) in [7, 11) is 0. The van der Waals surface area contributed by atoms with Crippen LogP contribution in [0.3, 0.4) is 0 Å². The van der Waals surface area contributed by atoms with Crippen LogP contribution < -0.4 is 0 Å². The maximum atomic E-state index is 11.6. The first kappa shape index (κ1) is 9.43. The number of Topliss-reactive ketones (excluding diaryl/α,β-unsaturated/α-hetero) is 1. The quantitative estimate of drug-likeness (QED) is 0.474. The summed E-state index contributed by atoms with van der Waals surface area (Å²) < 4.78 is 0. The Kier molecular flexibility index (Phi) is 2.36. The average Bonchev–Trinajstić information content (AvgIpc) is 2.62. The minimum atomic E-state index is -0.350. The first-order chi connectivity index (χ1) is 5.53. The van der Waals surface area contributed by atoms with Gasteiger partial charge >= 0.3 is 0 Å². The summed E-state index contributed by atoms with van der Waals surface area (Å²) in [6.45, 7) is 6.03. The van der Waals surface area contributed by atoms with Crippen molar-refractivity contribution in [3.8, 4) is 0 Å². The molecule has 0 radical (unpaired) electrons. The van der Waals surface area contributed by atoms with Gasteiger partial charge in [0.25, 0.3) is 0 Å². The van der Waals surface area contributed by atoms with E-state index in [1.165, 1.54) is 0 Å². The van der Waals surface area contributed by atoms with Crippen LogP contribution >= 0.6 is 0 Å². The molecule has 1 saturated carbocycles. The number of rotatable bonds is 4. The van der Waals surface area contributed by atoms with Gasteiger partial charge in [-0.05, 0) is 18.3 Å². The van der Waals surface area contributed by atoms with E-state index in [1.807, 2.05) is 6.92 Å². The Bertz CT molecular complexity index is 206. The van der Waals surface area contributed by atoms with E-state index in [-0.39, 0.29) is 23.0 Å². The Morgan fingerprint density at radius 1 is 1.67 bits per heavy atom. The molecule has 12 heavy (non-hydrogen) atoms. The van der Waals surface area contributed by atoms with Crippen molar-refractivity contribution in [2.45, 2.75) is 33.6 Å². The maximum Gasteiger partial charge on any atom is 0.146 e. The van der Waals surface area contributed by atoms with Gasteiger partial charge in [0, 0.05) is 5.92 Å². The van der Waals surface area contributed by atoms with Crippen molar-refractivity contribution in [2.24, 2.45) is 17.3 Å². The predicted octanol–water partition coefficient (Wildman–Crippen LogP) is 1.83. The zero-order valence-electron chi connectivity index (χ0n) is 7.96. The third-order valence-electron chi connectivity index (χ3n) is 2.83. The lowest BCUT2D eigenvalue weighted by atomic mass is 9.95. The van der Waals surface area contributed by atoms with Crippen molar-refractivity contribution in [2.75, 3.05) is 0 Å². The van der Waals surface area contributed by atoms with E-state index in [0.717, 1.165) is 12.7 Å². The second kappa shape index (κ2) is 3.00. The van der Waals surface area contributed by atoms with Gasteiger partial charge in [-0.3, -0.25) is 4.79 Å². The lowest BCUT2D eigenvalue weighted by Crippen LogP contribution is -2.18. The zero-order chi connectivity index (χ0) is 9.35. The van der Waals surface area contributed by atoms with Gasteiger partial charge in [-0.2, -0.15) is 0 Å². The molecule has 1 rings (SSSR count). The highest BCUT2D eigenvalue weighted by molar-refractivity contribution is 5.96. The molecule has 2 nitrogen and oxygen atoms in total. The van der Waals surface area contributed by atoms with E-state index in [1.54, 1.807) is 0 Å². The molecular weight excluding hydrogens is 152 g/mol. The number of aldehydes is 1. The van der Waals surface area contributed by atoms with E-state index in [9.17, 15) is 9.59 Å². The summed E-state index contributed by atoms with van der Waals surface area (Å²) in [6, 6.07) is 0. The Hall–Kier alpha value is -0.660. The second-order valence-electron chi connectivity index (χ2n) is 4.30. The topological polar surface area (TPSA) is 34.1 Å². The van der Waals surface area contributed by atoms with Crippen molar-refractivity contribution < 1.29 is 9.59 Å². The molecule has 2 atom stereocenters. The van der Waals surface area contributed by atoms with Crippen molar-refractivity contribution in [3.63, 3.8) is 0 Å². The molecule has 0 heterocycles. The van der Waals surface area contributed by atoms with E-state index < -0.39 is 0 Å². The van der Waals surface area contributed by atoms with Crippen LogP contribution in [-0.2, 0) is 9.59 Å². The lowest BCUT2D eigenvalue weighted by molar-refractivity contribution is -0.128. The fourth-order valence-corrected chi connectivity index (χ4v) is 1.58. The number of carbonyl (C=O) groups is 2. The molecular formula is C10H16O2. The SMILES string of the molecule is CCC(C=O)C(=O)C1CC1(C)C. The van der Waals surface area contributed by atoms with Crippen molar-refractivity contribution in [1.82, 2.24) is 0 Å². The zero-order valence-corrected chi connectivity index (χ0v) is 7.96. The van der Waals surface area contributed by atoms with Crippen LogP contribution in [0.1, 0.15) is 33.6 Å². The molecule has 1 fully saturated rings. The number of ketones is 1. The van der Waals surface area contributed by atoms with Crippen LogP contribution in [0, 0.1) is 17.3 Å². The van der Waals surface area contributed by atoms with Crippen LogP contribution in [-0.4, -0.2) is 12.1 Å². The van der Waals surface area contributed by atoms with Gasteiger partial charge in [-0.15, -0.1) is 0 Å². The van der Waals surface area contributed by atoms with Gasteiger partial charge in [0.2, 0.25) is 0 Å². The fraction of sp³-hybridized carbons (Fsp3) is 0.800. The highest BCUT2D eigenvalue weighted by Crippen LogP contribution is 2.53. The molecule has 0 spiro atoms. The van der Waals surface area contributed by atoms with Crippen LogP contribution in [0.5, 0.6) is 0 Å². The summed E-state index contributed by atoms with van der Waals surface area (Å²) in [5.41, 5.74) is 0.160. The van der Waals surface area contributed by atoms with Crippen LogP contribution in [0.15, 0.2) is 0 Å². The molecule has 1 aliphatic rings. The minimum absolute atomic E-state index is 0.146. The molecule has 0 N–H and O–H groups in total. The number of carbonyl (C=O) groups excluding carboxylic acids is 2. The molecule has 0 aromatic carbocycles. The Morgan fingerprint density at radius 3 is 2.42 bits per heavy atom. The first-order valence-corrected chi connectivity index (χ1v) is 4.52. The molecule has 1 aliphatic carbocycles. The van der Waals surface area contributed by atoms with Crippen LogP contribution in [0.2, 0.25) is 0 Å². The number of hydrogen-bond acceptors (Lipinski definition) is 2. The Morgan fingerprint density at radius 2 is 2.17 bits per heavy atom. The summed E-state index contributed by atoms with van der Waals surface area (Å²) in [6.07, 6.45) is 2.39. The molecule has 0 aliphatic heterocycles. The second-order valence-corrected chi connectivity index (χ2v) is 4.30. The lowest BCUT2D eigenvalue weighted by Gasteiger charge is -2.06. The molecule has 0 saturated heterocycles. The summed E-state index contributed by atoms with van der Waals surface area (Å²) in [4.78, 5) is 22.1. The molecule has 0 aromatic heterocycles. The van der Waals surface area contributed by atoms with Gasteiger partial charge in [0.15, 0.2) is 0 Å². The summed E-state index contributed by atoms with van der Waals surface area (Å²) in [5, 5.41) is 0. The summed E-state index contributed by atoms with van der Waals surface area (Å²) >= 11 is 0. The maximum absolute atomic E-state index is 11.6. The first-order valence-electron chi connectivity index (χ1n) is 4.52. The van der Waals surface area contributed by atoms with Gasteiger partial charge in [-0.25, -0.2) is 0 Å². The van der Waals surface area contributed by atoms with Crippen molar-refractivity contribution >= 4 is 12.1 Å². The third kappa shape index (κ3) is 1.57. The van der Waals surface area contributed by atoms with Gasteiger partial charge in [0.1, 0.15) is 12.1 Å². The smallest absolute Gasteiger partial charge is 0.146 e. The van der Waals surface area contributed by atoms with E-state index >= 15 is 0 Å². The Labute approximate surface area is 73.3 Å². The normalized spacial score (nSPS) is 27.8. The predicted molar refractivity (Wildman–Crippen MR) is 46.7 cm³/mol. The van der Waals surface area contributed by atoms with Crippen molar-refractivity contribution in [1.29, 1.82) is 0 Å². The molecule has 0 bridgehead atoms. The standard InChI is InChI=1S/C10H16O2/c1-4-7(6-11)9(12)8-5-10(8,2)3/h6-8H,4-5H2,1-3H3. The highest BCUT2D eigenvalue weighted by Gasteiger charge is 2.51. The van der Waals surface area contributed by atoms with Gasteiger partial charge in [-0.1, -0.05) is 20.8 Å². The molecule has 2 heteroatoms. The summed E-state index contributed by atoms with van der Waals surface area (Å²) in [5.74, 6) is -0.0538. The number of hydrogen-bond donors (Lipinski definition) is 0. The minimum Gasteiger partial charge on any atom is -0.303 e. The van der Waals surface area contributed by atoms with E-state index in [2.05, 4.69) is 13.8 Å². The largest absolute Gasteiger partial charge is 0.303 e. The average molecular weight is 168 g/mol. The van der Waals surface area contributed by atoms with Gasteiger partial charge in [0.05, 0.1) is 5.92 Å². The van der Waals surface area contributed by atoms with E-state index in [4.69, 9.17) is 0 Å². The molecule has 0 amide bonds. The van der Waals surface area contributed by atoms with Crippen LogP contribution in [0.25, 0.3) is 0 Å². The van der Waals surface area contributed by atoms with Crippen molar-refractivity contribution in [3.05, 3.63) is 0 Å². The van der Waals surface area contributed by atoms with Gasteiger partial charge < -0.3 is 4.79 Å².